The van der Waals surface area contributed by atoms with Crippen LogP contribution in [-0.4, -0.2) is 39.9 Å². The largest absolute Gasteiger partial charge is 0.480 e. The number of carbonyl (C=O) groups is 3. The molecule has 0 aliphatic carbocycles. The van der Waals surface area contributed by atoms with E-state index in [1.165, 1.54) is 4.90 Å². The summed E-state index contributed by atoms with van der Waals surface area (Å²) in [5, 5.41) is 12.1. The van der Waals surface area contributed by atoms with Crippen molar-refractivity contribution in [2.24, 2.45) is 0 Å². The van der Waals surface area contributed by atoms with Gasteiger partial charge in [-0.2, -0.15) is 0 Å². The summed E-state index contributed by atoms with van der Waals surface area (Å²) in [6.07, 6.45) is 0.887. The molecule has 140 valence electrons. The lowest BCUT2D eigenvalue weighted by Crippen LogP contribution is -2.50. The van der Waals surface area contributed by atoms with Gasteiger partial charge in [0.1, 0.15) is 12.1 Å². The van der Waals surface area contributed by atoms with Crippen molar-refractivity contribution in [3.8, 4) is 0 Å². The van der Waals surface area contributed by atoms with Crippen LogP contribution >= 0.6 is 0 Å². The molecule has 1 aliphatic rings. The Balaban J connectivity index is 1.68. The van der Waals surface area contributed by atoms with Crippen molar-refractivity contribution in [2.75, 3.05) is 0 Å². The minimum atomic E-state index is -1.09. The van der Waals surface area contributed by atoms with E-state index in [0.29, 0.717) is 19.4 Å². The lowest BCUT2D eigenvalue weighted by Gasteiger charge is -2.25. The summed E-state index contributed by atoms with van der Waals surface area (Å²) in [6, 6.07) is 16.9. The summed E-state index contributed by atoms with van der Waals surface area (Å²) in [6.45, 7) is 0.341. The number of nitrogens with one attached hydrogen (secondary N) is 1. The lowest BCUT2D eigenvalue weighted by molar-refractivity contribution is -0.143. The van der Waals surface area contributed by atoms with E-state index in [4.69, 9.17) is 0 Å². The van der Waals surface area contributed by atoms with Gasteiger partial charge in [0.05, 0.1) is 0 Å². The van der Waals surface area contributed by atoms with Gasteiger partial charge >= 0.3 is 5.97 Å². The van der Waals surface area contributed by atoms with Gasteiger partial charge in [-0.1, -0.05) is 60.7 Å². The van der Waals surface area contributed by atoms with E-state index >= 15 is 0 Å². The molecule has 2 aromatic rings. The van der Waals surface area contributed by atoms with Gasteiger partial charge in [0.25, 0.3) is 0 Å². The smallest absolute Gasteiger partial charge is 0.326 e. The standard InChI is InChI=1S/C21H22N2O4/c24-19-12-11-18(23(19)14-16-9-5-2-6-10-16)20(25)22-17(21(26)27)13-15-7-3-1-4-8-15/h1-10,17-18H,11-14H2,(H,22,25)(H,26,27)/t17-,18+/m0/s1. The number of nitrogens with zero attached hydrogens (tertiary/aromatic N) is 1. The fraction of sp³-hybridized carbons (Fsp3) is 0.286. The average molecular weight is 366 g/mol. The number of carbonyl (C=O) groups excluding carboxylic acids is 2. The Morgan fingerprint density at radius 2 is 1.63 bits per heavy atom. The van der Waals surface area contributed by atoms with Gasteiger partial charge in [-0.25, -0.2) is 4.79 Å². The zero-order valence-electron chi connectivity index (χ0n) is 14.9. The molecule has 1 saturated heterocycles. The molecular weight excluding hydrogens is 344 g/mol. The van der Waals surface area contributed by atoms with Crippen molar-refractivity contribution < 1.29 is 19.5 Å². The Labute approximate surface area is 157 Å². The molecule has 6 heteroatoms. The van der Waals surface area contributed by atoms with Crippen LogP contribution in [0.25, 0.3) is 0 Å². The van der Waals surface area contributed by atoms with Gasteiger partial charge in [-0.05, 0) is 17.5 Å². The van der Waals surface area contributed by atoms with Gasteiger partial charge in [0.15, 0.2) is 0 Å². The van der Waals surface area contributed by atoms with Gasteiger partial charge in [-0.15, -0.1) is 0 Å². The van der Waals surface area contributed by atoms with Crippen molar-refractivity contribution in [1.29, 1.82) is 0 Å². The number of rotatable bonds is 7. The summed E-state index contributed by atoms with van der Waals surface area (Å²) >= 11 is 0. The first-order chi connectivity index (χ1) is 13.0. The number of carboxylic acid groups (broad SMARTS) is 1. The van der Waals surface area contributed by atoms with E-state index in [1.807, 2.05) is 60.7 Å². The molecule has 2 amide bonds. The van der Waals surface area contributed by atoms with E-state index < -0.39 is 24.0 Å². The molecule has 1 heterocycles. The summed E-state index contributed by atoms with van der Waals surface area (Å²) in [5.74, 6) is -1.60. The molecule has 0 aromatic heterocycles. The Hall–Kier alpha value is -3.15. The second kappa shape index (κ2) is 8.49. The maximum absolute atomic E-state index is 12.7. The number of likely N-dealkylation sites (tertiary alicyclic amines) is 1. The van der Waals surface area contributed by atoms with E-state index in [1.54, 1.807) is 0 Å². The molecule has 0 saturated carbocycles. The summed E-state index contributed by atoms with van der Waals surface area (Å²) in [5.41, 5.74) is 1.76. The third kappa shape index (κ3) is 4.73. The molecular formula is C21H22N2O4. The highest BCUT2D eigenvalue weighted by atomic mass is 16.4. The number of amides is 2. The number of benzene rings is 2. The van der Waals surface area contributed by atoms with E-state index in [9.17, 15) is 19.5 Å². The second-order valence-electron chi connectivity index (χ2n) is 6.65. The highest BCUT2D eigenvalue weighted by Crippen LogP contribution is 2.22. The van der Waals surface area contributed by atoms with E-state index in [2.05, 4.69) is 5.32 Å². The normalized spacial score (nSPS) is 17.6. The Morgan fingerprint density at radius 3 is 2.22 bits per heavy atom. The first kappa shape index (κ1) is 18.6. The summed E-state index contributed by atoms with van der Waals surface area (Å²) in [4.78, 5) is 38.1. The molecule has 27 heavy (non-hydrogen) atoms. The molecule has 3 rings (SSSR count). The zero-order valence-corrected chi connectivity index (χ0v) is 14.9. The van der Waals surface area contributed by atoms with Crippen LogP contribution in [0.4, 0.5) is 0 Å². The van der Waals surface area contributed by atoms with Crippen LogP contribution in [0.1, 0.15) is 24.0 Å². The molecule has 1 fully saturated rings. The van der Waals surface area contributed by atoms with Crippen LogP contribution in [0.3, 0.4) is 0 Å². The summed E-state index contributed by atoms with van der Waals surface area (Å²) < 4.78 is 0. The average Bonchev–Trinajstić information content (AvgIpc) is 3.03. The SMILES string of the molecule is O=C(O)[C@H](Cc1ccccc1)NC(=O)[C@H]1CCC(=O)N1Cc1ccccc1. The minimum absolute atomic E-state index is 0.0889. The van der Waals surface area contributed by atoms with Crippen LogP contribution in [-0.2, 0) is 27.3 Å². The fourth-order valence-electron chi connectivity index (χ4n) is 3.30. The number of hydrogen-bond acceptors (Lipinski definition) is 3. The Bertz CT molecular complexity index is 807. The fourth-order valence-corrected chi connectivity index (χ4v) is 3.30. The van der Waals surface area contributed by atoms with Crippen molar-refractivity contribution in [3.63, 3.8) is 0 Å². The van der Waals surface area contributed by atoms with Crippen LogP contribution in [0.15, 0.2) is 60.7 Å². The molecule has 6 nitrogen and oxygen atoms in total. The van der Waals surface area contributed by atoms with Crippen molar-refractivity contribution in [1.82, 2.24) is 10.2 Å². The minimum Gasteiger partial charge on any atom is -0.480 e. The second-order valence-corrected chi connectivity index (χ2v) is 6.65. The predicted molar refractivity (Wildman–Crippen MR) is 99.7 cm³/mol. The van der Waals surface area contributed by atoms with Crippen LogP contribution in [0.5, 0.6) is 0 Å². The first-order valence-electron chi connectivity index (χ1n) is 8.95. The molecule has 0 unspecified atom stereocenters. The monoisotopic (exact) mass is 366 g/mol. The van der Waals surface area contributed by atoms with E-state index in [-0.39, 0.29) is 12.3 Å². The molecule has 2 N–H and O–H groups in total. The first-order valence-corrected chi connectivity index (χ1v) is 8.95. The van der Waals surface area contributed by atoms with Gasteiger partial charge in [-0.3, -0.25) is 9.59 Å². The highest BCUT2D eigenvalue weighted by Gasteiger charge is 2.37. The quantitative estimate of drug-likeness (QED) is 0.785. The van der Waals surface area contributed by atoms with E-state index in [0.717, 1.165) is 11.1 Å². The molecule has 0 bridgehead atoms. The maximum Gasteiger partial charge on any atom is 0.326 e. The van der Waals surface area contributed by atoms with Crippen LogP contribution in [0, 0.1) is 0 Å². The maximum atomic E-state index is 12.7. The third-order valence-electron chi connectivity index (χ3n) is 4.72. The van der Waals surface area contributed by atoms with Crippen molar-refractivity contribution in [2.45, 2.75) is 37.9 Å². The van der Waals surface area contributed by atoms with Crippen LogP contribution in [0.2, 0.25) is 0 Å². The van der Waals surface area contributed by atoms with Gasteiger partial charge in [0.2, 0.25) is 11.8 Å². The molecule has 2 aromatic carbocycles. The number of aliphatic carboxylic acids is 1. The topological polar surface area (TPSA) is 86.7 Å². The lowest BCUT2D eigenvalue weighted by atomic mass is 10.1. The molecule has 0 spiro atoms. The Morgan fingerprint density at radius 1 is 1.04 bits per heavy atom. The van der Waals surface area contributed by atoms with Gasteiger partial charge < -0.3 is 15.3 Å². The number of hydrogen-bond donors (Lipinski definition) is 2. The highest BCUT2D eigenvalue weighted by molar-refractivity contribution is 5.93. The molecule has 1 aliphatic heterocycles. The van der Waals surface area contributed by atoms with Crippen molar-refractivity contribution in [3.05, 3.63) is 71.8 Å². The Kier molecular flexibility index (Phi) is 5.86. The van der Waals surface area contributed by atoms with Crippen molar-refractivity contribution >= 4 is 17.8 Å². The van der Waals surface area contributed by atoms with Gasteiger partial charge in [0, 0.05) is 19.4 Å². The summed E-state index contributed by atoms with van der Waals surface area (Å²) in [7, 11) is 0. The zero-order chi connectivity index (χ0) is 19.2. The predicted octanol–water partition coefficient (Wildman–Crippen LogP) is 1.99. The van der Waals surface area contributed by atoms with Crippen LogP contribution < -0.4 is 5.32 Å². The molecule has 0 radical (unpaired) electrons. The number of carboxylic acids is 1. The molecule has 2 atom stereocenters. The third-order valence-corrected chi connectivity index (χ3v) is 4.72.